The summed E-state index contributed by atoms with van der Waals surface area (Å²) in [6, 6.07) is 10.3. The Hall–Kier alpha value is -2.40. The highest BCUT2D eigenvalue weighted by Gasteiger charge is 2.40. The van der Waals surface area contributed by atoms with Gasteiger partial charge in [-0.3, -0.25) is 0 Å². The highest BCUT2D eigenvalue weighted by atomic mass is 35.5. The molecule has 31 heavy (non-hydrogen) atoms. The summed E-state index contributed by atoms with van der Waals surface area (Å²) < 4.78 is 34.5. The number of nitrogens with zero attached hydrogens (tertiary/aromatic N) is 5. The molecule has 4 rings (SSSR count). The van der Waals surface area contributed by atoms with E-state index >= 15 is 0 Å². The number of hydrogen-bond donors (Lipinski definition) is 1. The molecule has 0 aliphatic heterocycles. The molecule has 1 unspecified atom stereocenters. The smallest absolute Gasteiger partial charge is 0.174 e. The van der Waals surface area contributed by atoms with Crippen molar-refractivity contribution in [3.63, 3.8) is 0 Å². The molecule has 2 heterocycles. The van der Waals surface area contributed by atoms with Crippen LogP contribution in [-0.2, 0) is 12.1 Å². The van der Waals surface area contributed by atoms with Crippen molar-refractivity contribution >= 4 is 34.9 Å². The predicted molar refractivity (Wildman–Crippen MR) is 116 cm³/mol. The van der Waals surface area contributed by atoms with Crippen molar-refractivity contribution in [2.24, 2.45) is 0 Å². The van der Waals surface area contributed by atoms with Crippen LogP contribution in [0, 0.1) is 11.6 Å². The maximum absolute atomic E-state index is 14.6. The van der Waals surface area contributed by atoms with Gasteiger partial charge in [-0.15, -0.1) is 0 Å². The Balaban J connectivity index is 1.63. The van der Waals surface area contributed by atoms with Gasteiger partial charge in [0.2, 0.25) is 0 Å². The zero-order valence-electron chi connectivity index (χ0n) is 16.1. The average molecular weight is 480 g/mol. The lowest BCUT2D eigenvalue weighted by atomic mass is 9.90. The van der Waals surface area contributed by atoms with Crippen LogP contribution in [0.15, 0.2) is 59.5 Å². The minimum Gasteiger partial charge on any atom is -0.382 e. The molecular weight excluding hydrogens is 464 g/mol. The number of thioether (sulfide) groups is 1. The molecule has 2 atom stereocenters. The molecule has 0 fully saturated rings. The van der Waals surface area contributed by atoms with E-state index in [2.05, 4.69) is 19.4 Å². The molecule has 6 nitrogen and oxygen atoms in total. The zero-order chi connectivity index (χ0) is 22.0. The van der Waals surface area contributed by atoms with E-state index in [0.29, 0.717) is 15.2 Å². The Morgan fingerprint density at radius 3 is 2.68 bits per heavy atom. The summed E-state index contributed by atoms with van der Waals surface area (Å²) in [6.07, 6.45) is 2.75. The first kappa shape index (κ1) is 21.8. The molecule has 1 N–H and O–H groups in total. The Labute approximate surface area is 190 Å². The molecule has 0 bridgehead atoms. The van der Waals surface area contributed by atoms with Crippen LogP contribution in [0.4, 0.5) is 8.78 Å². The van der Waals surface area contributed by atoms with Crippen LogP contribution in [0.1, 0.15) is 12.5 Å². The normalized spacial score (nSPS) is 14.4. The van der Waals surface area contributed by atoms with E-state index in [9.17, 15) is 13.9 Å². The number of benzene rings is 2. The summed E-state index contributed by atoms with van der Waals surface area (Å²) >= 11 is 8.34. The summed E-state index contributed by atoms with van der Waals surface area (Å²) in [4.78, 5) is 8.39. The lowest BCUT2D eigenvalue weighted by molar-refractivity contribution is 0.0133. The van der Waals surface area contributed by atoms with Crippen molar-refractivity contribution in [2.75, 3.05) is 0 Å². The fraction of sp³-hybridized carbons (Fsp3) is 0.200. The van der Waals surface area contributed by atoms with Gasteiger partial charge in [0, 0.05) is 27.5 Å². The Bertz CT molecular complexity index is 1170. The standard InChI is InChI=1S/C20H16ClF2N5OS2/c1-12(30-19-26-18(27-31-19)13-2-4-14(21)5-3-13)20(29,9-28-11-24-10-25-28)16-7-6-15(22)8-17(16)23/h2-8,10-12,29H,9H2,1H3/t12-,20?/m1/s1. The molecule has 0 saturated heterocycles. The van der Waals surface area contributed by atoms with Crippen molar-refractivity contribution in [1.82, 2.24) is 24.1 Å². The second-order valence-electron chi connectivity index (χ2n) is 6.79. The van der Waals surface area contributed by atoms with E-state index in [0.717, 1.165) is 17.7 Å². The lowest BCUT2D eigenvalue weighted by Crippen LogP contribution is -2.41. The second kappa shape index (κ2) is 8.99. The maximum atomic E-state index is 14.6. The highest BCUT2D eigenvalue weighted by Crippen LogP contribution is 2.40. The van der Waals surface area contributed by atoms with Crippen molar-refractivity contribution in [3.8, 4) is 11.4 Å². The van der Waals surface area contributed by atoms with Gasteiger partial charge in [-0.25, -0.2) is 23.4 Å². The summed E-state index contributed by atoms with van der Waals surface area (Å²) in [5, 5.41) is 15.6. The molecule has 2 aromatic carbocycles. The third kappa shape index (κ3) is 4.77. The lowest BCUT2D eigenvalue weighted by Gasteiger charge is -2.33. The van der Waals surface area contributed by atoms with Gasteiger partial charge in [-0.05, 0) is 48.8 Å². The third-order valence-corrected chi connectivity index (χ3v) is 7.04. The van der Waals surface area contributed by atoms with E-state index < -0.39 is 22.5 Å². The summed E-state index contributed by atoms with van der Waals surface area (Å²) in [5.41, 5.74) is -0.947. The van der Waals surface area contributed by atoms with Crippen LogP contribution in [-0.4, -0.2) is 34.5 Å². The first-order chi connectivity index (χ1) is 14.8. The second-order valence-corrected chi connectivity index (χ2v) is 9.57. The van der Waals surface area contributed by atoms with Crippen molar-refractivity contribution in [1.29, 1.82) is 0 Å². The van der Waals surface area contributed by atoms with E-state index in [4.69, 9.17) is 11.6 Å². The van der Waals surface area contributed by atoms with Gasteiger partial charge in [0.15, 0.2) is 10.2 Å². The Kier molecular flexibility index (Phi) is 6.33. The highest BCUT2D eigenvalue weighted by molar-refractivity contribution is 8.01. The fourth-order valence-corrected chi connectivity index (χ4v) is 5.18. The van der Waals surface area contributed by atoms with Crippen LogP contribution >= 0.6 is 34.9 Å². The number of aromatic nitrogens is 5. The number of hydrogen-bond acceptors (Lipinski definition) is 7. The molecule has 11 heteroatoms. The van der Waals surface area contributed by atoms with Gasteiger partial charge in [-0.2, -0.15) is 9.47 Å². The van der Waals surface area contributed by atoms with Gasteiger partial charge in [-0.1, -0.05) is 29.4 Å². The van der Waals surface area contributed by atoms with Gasteiger partial charge < -0.3 is 5.11 Å². The molecule has 0 spiro atoms. The van der Waals surface area contributed by atoms with Crippen molar-refractivity contribution in [2.45, 2.75) is 28.7 Å². The van der Waals surface area contributed by atoms with Crippen LogP contribution < -0.4 is 0 Å². The zero-order valence-corrected chi connectivity index (χ0v) is 18.5. The van der Waals surface area contributed by atoms with E-state index in [1.807, 2.05) is 12.1 Å². The predicted octanol–water partition coefficient (Wildman–Crippen LogP) is 4.80. The van der Waals surface area contributed by atoms with Crippen LogP contribution in [0.5, 0.6) is 0 Å². The van der Waals surface area contributed by atoms with Crippen LogP contribution in [0.3, 0.4) is 0 Å². The molecule has 2 aromatic heterocycles. The first-order valence-corrected chi connectivity index (χ1v) is 11.1. The SMILES string of the molecule is C[C@@H](Sc1nc(-c2ccc(Cl)cc2)ns1)C(O)(Cn1cncn1)c1ccc(F)cc1F. The topological polar surface area (TPSA) is 76.7 Å². The Morgan fingerprint density at radius 2 is 2.00 bits per heavy atom. The molecule has 0 aliphatic carbocycles. The van der Waals surface area contributed by atoms with Crippen molar-refractivity contribution in [3.05, 3.63) is 77.3 Å². The average Bonchev–Trinajstić information content (AvgIpc) is 3.40. The molecular formula is C20H16ClF2N5OS2. The van der Waals surface area contributed by atoms with Gasteiger partial charge in [0.1, 0.15) is 29.9 Å². The van der Waals surface area contributed by atoms with Gasteiger partial charge >= 0.3 is 0 Å². The monoisotopic (exact) mass is 479 g/mol. The number of rotatable bonds is 7. The van der Waals surface area contributed by atoms with E-state index in [1.54, 1.807) is 19.1 Å². The molecule has 4 aromatic rings. The molecule has 0 radical (unpaired) electrons. The first-order valence-electron chi connectivity index (χ1n) is 9.12. The molecule has 0 aliphatic rings. The van der Waals surface area contributed by atoms with Gasteiger partial charge in [0.05, 0.1) is 6.54 Å². The summed E-state index contributed by atoms with van der Waals surface area (Å²) in [6.45, 7) is 1.67. The molecule has 0 amide bonds. The largest absolute Gasteiger partial charge is 0.382 e. The fourth-order valence-electron chi connectivity index (χ4n) is 3.06. The van der Waals surface area contributed by atoms with Crippen molar-refractivity contribution < 1.29 is 13.9 Å². The minimum atomic E-state index is -1.72. The Morgan fingerprint density at radius 1 is 1.23 bits per heavy atom. The third-order valence-electron chi connectivity index (χ3n) is 4.73. The maximum Gasteiger partial charge on any atom is 0.174 e. The molecule has 0 saturated carbocycles. The molecule has 160 valence electrons. The van der Waals surface area contributed by atoms with Gasteiger partial charge in [0.25, 0.3) is 0 Å². The van der Waals surface area contributed by atoms with Crippen LogP contribution in [0.2, 0.25) is 5.02 Å². The summed E-state index contributed by atoms with van der Waals surface area (Å²) in [7, 11) is 0. The quantitative estimate of drug-likeness (QED) is 0.384. The summed E-state index contributed by atoms with van der Waals surface area (Å²) in [5.74, 6) is -1.03. The van der Waals surface area contributed by atoms with E-state index in [-0.39, 0.29) is 12.1 Å². The van der Waals surface area contributed by atoms with Crippen LogP contribution in [0.25, 0.3) is 11.4 Å². The number of halogens is 3. The number of aliphatic hydroxyl groups is 1. The van der Waals surface area contributed by atoms with E-state index in [1.165, 1.54) is 46.7 Å². The minimum absolute atomic E-state index is 0.0353.